The van der Waals surface area contributed by atoms with E-state index in [0.717, 1.165) is 19.2 Å². The Labute approximate surface area is 129 Å². The van der Waals surface area contributed by atoms with Crippen molar-refractivity contribution in [1.82, 2.24) is 0 Å². The van der Waals surface area contributed by atoms with Crippen LogP contribution < -0.4 is 9.46 Å². The molecule has 0 aromatic heterocycles. The quantitative estimate of drug-likeness (QED) is 0.594. The molecule has 6 nitrogen and oxygen atoms in total. The highest BCUT2D eigenvalue weighted by Gasteiger charge is 2.42. The molecule has 0 spiro atoms. The number of nitrogens with one attached hydrogen (secondary N) is 1. The second-order valence-electron chi connectivity index (χ2n) is 3.93. The summed E-state index contributed by atoms with van der Waals surface area (Å²) in [7, 11) is -3.08. The number of sulfonamides is 1. The number of alkyl halides is 4. The summed E-state index contributed by atoms with van der Waals surface area (Å²) in [5.41, 5.74) is -3.24. The molecule has 1 aromatic carbocycles. The van der Waals surface area contributed by atoms with Crippen LogP contribution in [0.25, 0.3) is 0 Å². The van der Waals surface area contributed by atoms with Gasteiger partial charge in [-0.05, 0) is 12.1 Å². The van der Waals surface area contributed by atoms with Crippen molar-refractivity contribution in [3.8, 4) is 5.75 Å². The highest BCUT2D eigenvalue weighted by atomic mass is 35.5. The molecule has 0 bridgehead atoms. The number of halogens is 4. The monoisotopic (exact) mass is 361 g/mol. The highest BCUT2D eigenvalue weighted by molar-refractivity contribution is 7.93. The SMILES string of the molecule is COC(=O)CS(=O)(=O)Nc1cccc(OC(F)(F)C(F)Cl)c1. The lowest BCUT2D eigenvalue weighted by atomic mass is 10.3. The van der Waals surface area contributed by atoms with Crippen LogP contribution in [-0.4, -0.2) is 39.0 Å². The fourth-order valence-corrected chi connectivity index (χ4v) is 2.29. The molecule has 0 saturated heterocycles. The minimum atomic E-state index is -4.29. The molecule has 0 aliphatic heterocycles. The summed E-state index contributed by atoms with van der Waals surface area (Å²) < 4.78 is 71.8. The number of rotatable bonds is 7. The molecule has 0 saturated carbocycles. The summed E-state index contributed by atoms with van der Waals surface area (Å²) in [4.78, 5) is 10.9. The fourth-order valence-electron chi connectivity index (χ4n) is 1.25. The Morgan fingerprint density at radius 1 is 1.45 bits per heavy atom. The number of esters is 1. The third-order valence-corrected chi connectivity index (χ3v) is 3.57. The van der Waals surface area contributed by atoms with Gasteiger partial charge in [0.05, 0.1) is 12.8 Å². The first-order valence-electron chi connectivity index (χ1n) is 5.58. The predicted molar refractivity (Wildman–Crippen MR) is 72.2 cm³/mol. The number of benzene rings is 1. The number of carbonyl (C=O) groups excluding carboxylic acids is 1. The average molecular weight is 362 g/mol. The minimum Gasteiger partial charge on any atom is -0.468 e. The first-order valence-corrected chi connectivity index (χ1v) is 7.67. The summed E-state index contributed by atoms with van der Waals surface area (Å²) in [5, 5.41) is 0. The molecule has 0 fully saturated rings. The van der Waals surface area contributed by atoms with Crippen molar-refractivity contribution in [3.63, 3.8) is 0 Å². The fraction of sp³-hybridized carbons (Fsp3) is 0.364. The van der Waals surface area contributed by atoms with Gasteiger partial charge in [0.2, 0.25) is 10.0 Å². The summed E-state index contributed by atoms with van der Waals surface area (Å²) in [5.74, 6) is -2.49. The molecule has 1 unspecified atom stereocenters. The van der Waals surface area contributed by atoms with Crippen LogP contribution in [0.2, 0.25) is 0 Å². The van der Waals surface area contributed by atoms with Crippen LogP contribution in [0.15, 0.2) is 24.3 Å². The number of hydrogen-bond donors (Lipinski definition) is 1. The summed E-state index contributed by atoms with van der Waals surface area (Å²) in [6.45, 7) is 0. The van der Waals surface area contributed by atoms with Gasteiger partial charge in [-0.25, -0.2) is 12.8 Å². The number of carbonyl (C=O) groups is 1. The second-order valence-corrected chi connectivity index (χ2v) is 6.04. The zero-order valence-corrected chi connectivity index (χ0v) is 12.6. The Morgan fingerprint density at radius 3 is 2.64 bits per heavy atom. The first-order chi connectivity index (χ1) is 10.1. The third kappa shape index (κ3) is 5.60. The number of ether oxygens (including phenoxy) is 2. The molecule has 0 amide bonds. The molecule has 0 heterocycles. The van der Waals surface area contributed by atoms with Gasteiger partial charge in [0.25, 0.3) is 5.63 Å². The van der Waals surface area contributed by atoms with E-state index in [0.29, 0.717) is 0 Å². The molecule has 11 heteroatoms. The van der Waals surface area contributed by atoms with E-state index in [1.165, 1.54) is 12.1 Å². The van der Waals surface area contributed by atoms with Crippen molar-refractivity contribution in [2.45, 2.75) is 11.7 Å². The summed E-state index contributed by atoms with van der Waals surface area (Å²) in [6, 6.07) is 4.32. The van der Waals surface area contributed by atoms with E-state index in [1.807, 2.05) is 4.72 Å². The van der Waals surface area contributed by atoms with E-state index in [-0.39, 0.29) is 5.69 Å². The molecular weight excluding hydrogens is 351 g/mol. The van der Waals surface area contributed by atoms with E-state index in [4.69, 9.17) is 0 Å². The Kier molecular flexibility index (Phi) is 5.89. The largest absolute Gasteiger partial charge is 0.468 e. The van der Waals surface area contributed by atoms with Gasteiger partial charge in [0, 0.05) is 6.07 Å². The lowest BCUT2D eigenvalue weighted by molar-refractivity contribution is -0.199. The van der Waals surface area contributed by atoms with E-state index in [9.17, 15) is 26.4 Å². The highest BCUT2D eigenvalue weighted by Crippen LogP contribution is 2.30. The van der Waals surface area contributed by atoms with Crippen LogP contribution in [0.4, 0.5) is 18.9 Å². The number of methoxy groups -OCH3 is 1. The van der Waals surface area contributed by atoms with Crippen LogP contribution in [0.5, 0.6) is 5.75 Å². The van der Waals surface area contributed by atoms with Crippen LogP contribution in [-0.2, 0) is 19.6 Å². The Morgan fingerprint density at radius 2 is 2.09 bits per heavy atom. The van der Waals surface area contributed by atoms with Crippen molar-refractivity contribution in [2.24, 2.45) is 0 Å². The molecule has 1 aromatic rings. The van der Waals surface area contributed by atoms with Gasteiger partial charge in [-0.2, -0.15) is 8.78 Å². The second kappa shape index (κ2) is 7.05. The molecule has 1 N–H and O–H groups in total. The number of anilines is 1. The van der Waals surface area contributed by atoms with Gasteiger partial charge < -0.3 is 9.47 Å². The van der Waals surface area contributed by atoms with Gasteiger partial charge in [-0.1, -0.05) is 17.7 Å². The molecule has 124 valence electrons. The topological polar surface area (TPSA) is 81.7 Å². The Balaban J connectivity index is 2.87. The van der Waals surface area contributed by atoms with E-state index >= 15 is 0 Å². The van der Waals surface area contributed by atoms with Gasteiger partial charge in [0.1, 0.15) is 5.75 Å². The van der Waals surface area contributed by atoms with Crippen LogP contribution >= 0.6 is 11.6 Å². The Bertz CT molecular complexity index is 638. The molecule has 0 aliphatic carbocycles. The Hall–Kier alpha value is -1.68. The molecule has 0 aliphatic rings. The van der Waals surface area contributed by atoms with Crippen molar-refractivity contribution in [2.75, 3.05) is 17.6 Å². The van der Waals surface area contributed by atoms with Crippen molar-refractivity contribution >= 4 is 33.3 Å². The van der Waals surface area contributed by atoms with Crippen molar-refractivity contribution in [1.29, 1.82) is 0 Å². The van der Waals surface area contributed by atoms with Gasteiger partial charge in [-0.3, -0.25) is 9.52 Å². The molecular formula is C11H11ClF3NO5S. The minimum absolute atomic E-state index is 0.165. The van der Waals surface area contributed by atoms with Crippen LogP contribution in [0.1, 0.15) is 0 Å². The van der Waals surface area contributed by atoms with Gasteiger partial charge >= 0.3 is 12.1 Å². The maximum Gasteiger partial charge on any atom is 0.444 e. The molecule has 1 atom stereocenters. The van der Waals surface area contributed by atoms with E-state index in [2.05, 4.69) is 21.1 Å². The van der Waals surface area contributed by atoms with Gasteiger partial charge in [-0.15, -0.1) is 0 Å². The lowest BCUT2D eigenvalue weighted by Crippen LogP contribution is -2.32. The van der Waals surface area contributed by atoms with Crippen molar-refractivity contribution in [3.05, 3.63) is 24.3 Å². The maximum atomic E-state index is 13.0. The molecule has 1 rings (SSSR count). The zero-order chi connectivity index (χ0) is 17.0. The normalized spacial score (nSPS) is 13.3. The summed E-state index contributed by atoms with van der Waals surface area (Å²) >= 11 is 4.63. The molecule has 22 heavy (non-hydrogen) atoms. The summed E-state index contributed by atoms with van der Waals surface area (Å²) in [6.07, 6.45) is -4.29. The first kappa shape index (κ1) is 18.4. The van der Waals surface area contributed by atoms with Crippen molar-refractivity contribution < 1.29 is 35.9 Å². The predicted octanol–water partition coefficient (Wildman–Crippen LogP) is 2.11. The standard InChI is InChI=1S/C11H11ClF3NO5S/c1-20-9(17)6-22(18,19)16-7-3-2-4-8(5-7)21-11(14,15)10(12)13/h2-5,10,16H,6H2,1H3. The van der Waals surface area contributed by atoms with E-state index < -0.39 is 39.2 Å². The third-order valence-electron chi connectivity index (χ3n) is 2.15. The smallest absolute Gasteiger partial charge is 0.444 e. The van der Waals surface area contributed by atoms with Gasteiger partial charge in [0.15, 0.2) is 5.75 Å². The maximum absolute atomic E-state index is 13.0. The van der Waals surface area contributed by atoms with Crippen LogP contribution in [0.3, 0.4) is 0 Å². The van der Waals surface area contributed by atoms with E-state index in [1.54, 1.807) is 0 Å². The lowest BCUT2D eigenvalue weighted by Gasteiger charge is -2.18. The average Bonchev–Trinajstić information content (AvgIpc) is 2.36. The molecule has 0 radical (unpaired) electrons. The van der Waals surface area contributed by atoms with Crippen LogP contribution in [0, 0.1) is 0 Å². The number of hydrogen-bond acceptors (Lipinski definition) is 5. The zero-order valence-electron chi connectivity index (χ0n) is 11.1.